The first kappa shape index (κ1) is 13.8. The van der Waals surface area contributed by atoms with E-state index in [-0.39, 0.29) is 10.4 Å². The van der Waals surface area contributed by atoms with Gasteiger partial charge in [0.2, 0.25) is 0 Å². The second-order valence-electron chi connectivity index (χ2n) is 5.49. The summed E-state index contributed by atoms with van der Waals surface area (Å²) in [4.78, 5) is 0. The fourth-order valence-electron chi connectivity index (χ4n) is 3.01. The lowest BCUT2D eigenvalue weighted by atomic mass is 9.77. The van der Waals surface area contributed by atoms with Gasteiger partial charge in [0.05, 0.1) is 11.1 Å². The molecule has 3 atom stereocenters. The van der Waals surface area contributed by atoms with Crippen LogP contribution in [0.15, 0.2) is 18.2 Å². The fourth-order valence-corrected chi connectivity index (χ4v) is 3.20. The normalized spacial score (nSPS) is 29.5. The molecule has 0 spiro atoms. The zero-order chi connectivity index (χ0) is 13.3. The standard InChI is InChI=1S/C14H19ClFNO/c1-9-4-5-14(7-9,8-17)13(18)10-2-3-12(16)11(15)6-10/h2-3,6,9,13,18H,4-5,7-8,17H2,1H3. The molecule has 1 saturated carbocycles. The van der Waals surface area contributed by atoms with E-state index in [4.69, 9.17) is 17.3 Å². The van der Waals surface area contributed by atoms with Crippen LogP contribution in [0.5, 0.6) is 0 Å². The van der Waals surface area contributed by atoms with Crippen molar-refractivity contribution in [1.29, 1.82) is 0 Å². The summed E-state index contributed by atoms with van der Waals surface area (Å²) in [5.74, 6) is 0.105. The van der Waals surface area contributed by atoms with E-state index in [2.05, 4.69) is 6.92 Å². The van der Waals surface area contributed by atoms with Gasteiger partial charge in [-0.25, -0.2) is 4.39 Å². The minimum Gasteiger partial charge on any atom is -0.388 e. The van der Waals surface area contributed by atoms with Crippen LogP contribution in [0.4, 0.5) is 4.39 Å². The summed E-state index contributed by atoms with van der Waals surface area (Å²) in [6, 6.07) is 4.39. The fraction of sp³-hybridized carbons (Fsp3) is 0.571. The van der Waals surface area contributed by atoms with E-state index in [1.54, 1.807) is 6.07 Å². The highest BCUT2D eigenvalue weighted by Gasteiger charge is 2.42. The summed E-state index contributed by atoms with van der Waals surface area (Å²) in [6.45, 7) is 2.61. The van der Waals surface area contributed by atoms with Gasteiger partial charge in [-0.1, -0.05) is 31.0 Å². The Morgan fingerprint density at radius 3 is 2.83 bits per heavy atom. The molecule has 0 aliphatic heterocycles. The van der Waals surface area contributed by atoms with Gasteiger partial charge < -0.3 is 10.8 Å². The lowest BCUT2D eigenvalue weighted by Crippen LogP contribution is -2.34. The van der Waals surface area contributed by atoms with E-state index in [0.29, 0.717) is 18.0 Å². The summed E-state index contributed by atoms with van der Waals surface area (Å²) in [5.41, 5.74) is 6.23. The van der Waals surface area contributed by atoms with Gasteiger partial charge in [0.15, 0.2) is 0 Å². The Labute approximate surface area is 112 Å². The van der Waals surface area contributed by atoms with Gasteiger partial charge in [-0.15, -0.1) is 0 Å². The highest BCUT2D eigenvalue weighted by molar-refractivity contribution is 6.30. The van der Waals surface area contributed by atoms with Crippen molar-refractivity contribution >= 4 is 11.6 Å². The van der Waals surface area contributed by atoms with E-state index >= 15 is 0 Å². The maximum atomic E-state index is 13.1. The zero-order valence-corrected chi connectivity index (χ0v) is 11.3. The quantitative estimate of drug-likeness (QED) is 0.886. The van der Waals surface area contributed by atoms with Crippen molar-refractivity contribution < 1.29 is 9.50 Å². The number of aliphatic hydroxyl groups excluding tert-OH is 1. The largest absolute Gasteiger partial charge is 0.388 e. The molecule has 0 amide bonds. The van der Waals surface area contributed by atoms with Crippen molar-refractivity contribution in [3.63, 3.8) is 0 Å². The molecule has 100 valence electrons. The topological polar surface area (TPSA) is 46.2 Å². The van der Waals surface area contributed by atoms with Crippen molar-refractivity contribution in [2.75, 3.05) is 6.54 Å². The van der Waals surface area contributed by atoms with Gasteiger partial charge in [-0.3, -0.25) is 0 Å². The second kappa shape index (κ2) is 5.16. The highest BCUT2D eigenvalue weighted by atomic mass is 35.5. The second-order valence-corrected chi connectivity index (χ2v) is 5.90. The first-order valence-corrected chi connectivity index (χ1v) is 6.69. The predicted octanol–water partition coefficient (Wildman–Crippen LogP) is 3.28. The van der Waals surface area contributed by atoms with E-state index in [9.17, 15) is 9.50 Å². The molecular formula is C14H19ClFNO. The van der Waals surface area contributed by atoms with Gasteiger partial charge >= 0.3 is 0 Å². The first-order valence-electron chi connectivity index (χ1n) is 6.31. The summed E-state index contributed by atoms with van der Waals surface area (Å²) in [7, 11) is 0. The molecule has 3 unspecified atom stereocenters. The lowest BCUT2D eigenvalue weighted by molar-refractivity contribution is 0.0307. The van der Waals surface area contributed by atoms with Crippen molar-refractivity contribution in [3.05, 3.63) is 34.6 Å². The Bertz CT molecular complexity index is 440. The smallest absolute Gasteiger partial charge is 0.141 e. The zero-order valence-electron chi connectivity index (χ0n) is 10.5. The van der Waals surface area contributed by atoms with Crippen LogP contribution in [0.3, 0.4) is 0 Å². The molecule has 1 aliphatic rings. The summed E-state index contributed by atoms with van der Waals surface area (Å²) >= 11 is 5.76. The summed E-state index contributed by atoms with van der Waals surface area (Å²) < 4.78 is 13.1. The molecule has 2 rings (SSSR count). The van der Waals surface area contributed by atoms with Crippen LogP contribution < -0.4 is 5.73 Å². The van der Waals surface area contributed by atoms with Gasteiger partial charge in [0.1, 0.15) is 5.82 Å². The number of hydrogen-bond acceptors (Lipinski definition) is 2. The third-order valence-corrected chi connectivity index (χ3v) is 4.43. The van der Waals surface area contributed by atoms with Gasteiger partial charge in [-0.2, -0.15) is 0 Å². The summed E-state index contributed by atoms with van der Waals surface area (Å²) in [6.07, 6.45) is 2.20. The van der Waals surface area contributed by atoms with Crippen LogP contribution in [0.2, 0.25) is 5.02 Å². The molecule has 2 nitrogen and oxygen atoms in total. The molecule has 1 aromatic carbocycles. The number of nitrogens with two attached hydrogens (primary N) is 1. The number of aliphatic hydroxyl groups is 1. The van der Waals surface area contributed by atoms with Crippen molar-refractivity contribution in [1.82, 2.24) is 0 Å². The molecule has 1 aliphatic carbocycles. The Morgan fingerprint density at radius 1 is 1.61 bits per heavy atom. The van der Waals surface area contributed by atoms with Crippen LogP contribution in [-0.4, -0.2) is 11.7 Å². The van der Waals surface area contributed by atoms with Gasteiger partial charge in [0.25, 0.3) is 0 Å². The van der Waals surface area contributed by atoms with Crippen molar-refractivity contribution in [2.24, 2.45) is 17.1 Å². The number of benzene rings is 1. The van der Waals surface area contributed by atoms with Crippen LogP contribution in [0.25, 0.3) is 0 Å². The maximum Gasteiger partial charge on any atom is 0.141 e. The van der Waals surface area contributed by atoms with Crippen LogP contribution in [0.1, 0.15) is 37.9 Å². The van der Waals surface area contributed by atoms with Crippen molar-refractivity contribution in [2.45, 2.75) is 32.3 Å². The number of hydrogen-bond donors (Lipinski definition) is 2. The van der Waals surface area contributed by atoms with E-state index in [0.717, 1.165) is 19.3 Å². The minimum atomic E-state index is -0.675. The van der Waals surface area contributed by atoms with Crippen LogP contribution >= 0.6 is 11.6 Å². The molecule has 1 fully saturated rings. The predicted molar refractivity (Wildman–Crippen MR) is 70.9 cm³/mol. The Balaban J connectivity index is 2.29. The van der Waals surface area contributed by atoms with Crippen molar-refractivity contribution in [3.8, 4) is 0 Å². The molecular weight excluding hydrogens is 253 g/mol. The average molecular weight is 272 g/mol. The van der Waals surface area contributed by atoms with Crippen LogP contribution in [0, 0.1) is 17.2 Å². The maximum absolute atomic E-state index is 13.1. The van der Waals surface area contributed by atoms with Gasteiger partial charge in [0, 0.05) is 12.0 Å². The summed E-state index contributed by atoms with van der Waals surface area (Å²) in [5, 5.41) is 10.6. The molecule has 0 aromatic heterocycles. The number of rotatable bonds is 3. The van der Waals surface area contributed by atoms with Crippen LogP contribution in [-0.2, 0) is 0 Å². The molecule has 0 heterocycles. The van der Waals surface area contributed by atoms with E-state index in [1.807, 2.05) is 0 Å². The molecule has 4 heteroatoms. The molecule has 0 radical (unpaired) electrons. The molecule has 1 aromatic rings. The third kappa shape index (κ3) is 2.40. The molecule has 18 heavy (non-hydrogen) atoms. The molecule has 0 bridgehead atoms. The van der Waals surface area contributed by atoms with E-state index < -0.39 is 11.9 Å². The Kier molecular flexibility index (Phi) is 3.95. The molecule has 0 saturated heterocycles. The lowest BCUT2D eigenvalue weighted by Gasteiger charge is -2.33. The first-order chi connectivity index (χ1) is 8.48. The Hall–Kier alpha value is -0.640. The molecule has 3 N–H and O–H groups in total. The Morgan fingerprint density at radius 2 is 2.33 bits per heavy atom. The minimum absolute atomic E-state index is 0.0461. The SMILES string of the molecule is CC1CCC(CN)(C(O)c2ccc(F)c(Cl)c2)C1. The monoisotopic (exact) mass is 271 g/mol. The third-order valence-electron chi connectivity index (χ3n) is 4.14. The highest BCUT2D eigenvalue weighted by Crippen LogP contribution is 2.49. The van der Waals surface area contributed by atoms with Gasteiger partial charge in [-0.05, 0) is 36.5 Å². The number of halogens is 2. The van der Waals surface area contributed by atoms with E-state index in [1.165, 1.54) is 12.1 Å². The average Bonchev–Trinajstić information content (AvgIpc) is 2.75.